The molecule has 0 bridgehead atoms. The molecule has 2 N–H and O–H groups in total. The number of fused-ring (bicyclic) bond motifs is 1. The Morgan fingerprint density at radius 2 is 1.81 bits per heavy atom. The smallest absolute Gasteiger partial charge is 0.252 e. The van der Waals surface area contributed by atoms with Crippen LogP contribution in [0.3, 0.4) is 0 Å². The van der Waals surface area contributed by atoms with Gasteiger partial charge < -0.3 is 15.4 Å². The number of anilines is 2. The first-order valence-corrected chi connectivity index (χ1v) is 10.2. The van der Waals surface area contributed by atoms with Gasteiger partial charge in [-0.05, 0) is 60.0 Å². The average molecular weight is 412 g/mol. The Kier molecular flexibility index (Phi) is 5.85. The maximum atomic E-state index is 13.1. The van der Waals surface area contributed by atoms with Gasteiger partial charge in [0.15, 0.2) is 0 Å². The van der Waals surface area contributed by atoms with Crippen LogP contribution >= 0.6 is 0 Å². The number of rotatable bonds is 6. The average Bonchev–Trinajstić information content (AvgIpc) is 2.80. The van der Waals surface area contributed by atoms with Crippen LogP contribution < -0.4 is 15.4 Å². The second-order valence-corrected chi connectivity index (χ2v) is 7.48. The number of hydrogen-bond acceptors (Lipinski definition) is 4. The number of aromatic nitrogens is 1. The van der Waals surface area contributed by atoms with Crippen molar-refractivity contribution in [3.05, 3.63) is 95.7 Å². The molecule has 5 heteroatoms. The van der Waals surface area contributed by atoms with Crippen LogP contribution in [0.25, 0.3) is 10.8 Å². The highest BCUT2D eigenvalue weighted by atomic mass is 16.5. The first kappa shape index (κ1) is 20.4. The summed E-state index contributed by atoms with van der Waals surface area (Å²) >= 11 is 0. The van der Waals surface area contributed by atoms with Crippen molar-refractivity contribution in [3.8, 4) is 5.88 Å². The van der Waals surface area contributed by atoms with E-state index in [4.69, 9.17) is 4.74 Å². The number of nitrogens with zero attached hydrogens (tertiary/aromatic N) is 1. The van der Waals surface area contributed by atoms with Gasteiger partial charge in [0, 0.05) is 17.4 Å². The Hall–Kier alpha value is -3.86. The number of carbonyl (C=O) groups excluding carboxylic acids is 1. The Balaban J connectivity index is 1.57. The van der Waals surface area contributed by atoms with Gasteiger partial charge in [0.2, 0.25) is 5.88 Å². The molecule has 1 atom stereocenters. The van der Waals surface area contributed by atoms with Gasteiger partial charge in [0.1, 0.15) is 5.69 Å². The highest BCUT2D eigenvalue weighted by Crippen LogP contribution is 2.27. The first-order valence-electron chi connectivity index (χ1n) is 10.2. The van der Waals surface area contributed by atoms with Gasteiger partial charge in [-0.1, -0.05) is 48.5 Å². The quantitative estimate of drug-likeness (QED) is 0.422. The fraction of sp³-hybridized carbons (Fsp3) is 0.154. The summed E-state index contributed by atoms with van der Waals surface area (Å²) in [6.07, 6.45) is 1.67. The third-order valence-electron chi connectivity index (χ3n) is 5.36. The molecule has 0 saturated carbocycles. The number of pyridine rings is 1. The highest BCUT2D eigenvalue weighted by Gasteiger charge is 2.16. The summed E-state index contributed by atoms with van der Waals surface area (Å²) in [6, 6.07) is 23.7. The molecule has 0 saturated heterocycles. The maximum absolute atomic E-state index is 13.1. The molecule has 1 unspecified atom stereocenters. The summed E-state index contributed by atoms with van der Waals surface area (Å²) in [7, 11) is 1.58. The van der Waals surface area contributed by atoms with Gasteiger partial charge in [-0.2, -0.15) is 0 Å². The molecule has 1 amide bonds. The van der Waals surface area contributed by atoms with Crippen molar-refractivity contribution >= 4 is 28.1 Å². The van der Waals surface area contributed by atoms with Crippen molar-refractivity contribution in [3.63, 3.8) is 0 Å². The van der Waals surface area contributed by atoms with Crippen LogP contribution in [0.2, 0.25) is 0 Å². The van der Waals surface area contributed by atoms with Crippen molar-refractivity contribution in [1.29, 1.82) is 0 Å². The number of hydrogen-bond donors (Lipinski definition) is 2. The molecule has 1 aromatic heterocycles. The van der Waals surface area contributed by atoms with E-state index in [1.807, 2.05) is 62.4 Å². The van der Waals surface area contributed by atoms with Gasteiger partial charge in [0.25, 0.3) is 5.91 Å². The predicted molar refractivity (Wildman–Crippen MR) is 125 cm³/mol. The van der Waals surface area contributed by atoms with E-state index >= 15 is 0 Å². The van der Waals surface area contributed by atoms with Crippen LogP contribution in [-0.2, 0) is 0 Å². The summed E-state index contributed by atoms with van der Waals surface area (Å²) in [5, 5.41) is 8.75. The molecule has 0 fully saturated rings. The molecule has 0 aliphatic heterocycles. The van der Waals surface area contributed by atoms with E-state index in [2.05, 4.69) is 39.9 Å². The molecule has 0 aliphatic carbocycles. The van der Waals surface area contributed by atoms with Crippen LogP contribution in [0, 0.1) is 6.92 Å². The predicted octanol–water partition coefficient (Wildman–Crippen LogP) is 5.79. The molecule has 1 heterocycles. The topological polar surface area (TPSA) is 63.2 Å². The SMILES string of the molecule is COc1ncccc1Nc1ccc(C)c(C(=O)NC(C)c2cccc3ccccc23)c1. The molecule has 3 aromatic carbocycles. The molecule has 156 valence electrons. The summed E-state index contributed by atoms with van der Waals surface area (Å²) in [5.74, 6) is 0.387. The van der Waals surface area contributed by atoms with Gasteiger partial charge in [-0.25, -0.2) is 4.98 Å². The van der Waals surface area contributed by atoms with E-state index in [1.54, 1.807) is 13.3 Å². The lowest BCUT2D eigenvalue weighted by atomic mass is 9.99. The zero-order chi connectivity index (χ0) is 21.8. The summed E-state index contributed by atoms with van der Waals surface area (Å²) in [4.78, 5) is 17.3. The molecule has 0 spiro atoms. The summed E-state index contributed by atoms with van der Waals surface area (Å²) < 4.78 is 5.30. The summed E-state index contributed by atoms with van der Waals surface area (Å²) in [5.41, 5.74) is 4.16. The standard InChI is InChI=1S/C26H25N3O2/c1-17-13-14-20(29-24-12-7-15-27-26(24)31-3)16-23(17)25(30)28-18(2)21-11-6-9-19-8-4-5-10-22(19)21/h4-16,18,29H,1-3H3,(H,28,30). The lowest BCUT2D eigenvalue weighted by molar-refractivity contribution is 0.0939. The minimum absolute atomic E-state index is 0.111. The fourth-order valence-electron chi connectivity index (χ4n) is 3.73. The Labute approximate surface area is 182 Å². The molecule has 0 radical (unpaired) electrons. The van der Waals surface area contributed by atoms with E-state index < -0.39 is 0 Å². The van der Waals surface area contributed by atoms with E-state index in [-0.39, 0.29) is 11.9 Å². The van der Waals surface area contributed by atoms with Crippen molar-refractivity contribution in [2.24, 2.45) is 0 Å². The largest absolute Gasteiger partial charge is 0.480 e. The van der Waals surface area contributed by atoms with E-state index in [0.29, 0.717) is 11.4 Å². The molecule has 4 rings (SSSR count). The minimum atomic E-state index is -0.131. The normalized spacial score (nSPS) is 11.7. The zero-order valence-corrected chi connectivity index (χ0v) is 17.8. The van der Waals surface area contributed by atoms with Crippen LogP contribution in [0.4, 0.5) is 11.4 Å². The number of ether oxygens (including phenoxy) is 1. The maximum Gasteiger partial charge on any atom is 0.252 e. The number of aryl methyl sites for hydroxylation is 1. The van der Waals surface area contributed by atoms with Crippen LogP contribution in [-0.4, -0.2) is 18.0 Å². The molecule has 4 aromatic rings. The Morgan fingerprint density at radius 1 is 1.00 bits per heavy atom. The lowest BCUT2D eigenvalue weighted by Crippen LogP contribution is -2.27. The van der Waals surface area contributed by atoms with Gasteiger partial charge in [-0.15, -0.1) is 0 Å². The number of methoxy groups -OCH3 is 1. The van der Waals surface area contributed by atoms with Crippen molar-refractivity contribution in [2.45, 2.75) is 19.9 Å². The number of carbonyl (C=O) groups is 1. The summed E-state index contributed by atoms with van der Waals surface area (Å²) in [6.45, 7) is 3.95. The third-order valence-corrected chi connectivity index (χ3v) is 5.36. The third kappa shape index (κ3) is 4.36. The van der Waals surface area contributed by atoms with Crippen molar-refractivity contribution in [2.75, 3.05) is 12.4 Å². The van der Waals surface area contributed by atoms with E-state index in [0.717, 1.165) is 33.3 Å². The van der Waals surface area contributed by atoms with Crippen molar-refractivity contribution < 1.29 is 9.53 Å². The van der Waals surface area contributed by atoms with Crippen molar-refractivity contribution in [1.82, 2.24) is 10.3 Å². The molecular formula is C26H25N3O2. The molecule has 5 nitrogen and oxygen atoms in total. The second kappa shape index (κ2) is 8.88. The Morgan fingerprint density at radius 3 is 2.65 bits per heavy atom. The van der Waals surface area contributed by atoms with Gasteiger partial charge in [0.05, 0.1) is 13.2 Å². The molecular weight excluding hydrogens is 386 g/mol. The fourth-order valence-corrected chi connectivity index (χ4v) is 3.73. The number of amides is 1. The number of benzene rings is 3. The first-order chi connectivity index (χ1) is 15.1. The Bertz CT molecular complexity index is 1230. The van der Waals surface area contributed by atoms with E-state index in [9.17, 15) is 4.79 Å². The molecule has 31 heavy (non-hydrogen) atoms. The van der Waals surface area contributed by atoms with E-state index in [1.165, 1.54) is 0 Å². The lowest BCUT2D eigenvalue weighted by Gasteiger charge is -2.18. The zero-order valence-electron chi connectivity index (χ0n) is 17.8. The van der Waals surface area contributed by atoms with Crippen LogP contribution in [0.1, 0.15) is 34.5 Å². The molecule has 0 aliphatic rings. The monoisotopic (exact) mass is 411 g/mol. The highest BCUT2D eigenvalue weighted by molar-refractivity contribution is 5.97. The van der Waals surface area contributed by atoms with Crippen LogP contribution in [0.15, 0.2) is 79.0 Å². The van der Waals surface area contributed by atoms with Crippen LogP contribution in [0.5, 0.6) is 5.88 Å². The number of nitrogens with one attached hydrogen (secondary N) is 2. The second-order valence-electron chi connectivity index (χ2n) is 7.48. The van der Waals surface area contributed by atoms with Gasteiger partial charge >= 0.3 is 0 Å². The van der Waals surface area contributed by atoms with Gasteiger partial charge in [-0.3, -0.25) is 4.79 Å². The minimum Gasteiger partial charge on any atom is -0.480 e.